The topological polar surface area (TPSA) is 68.0 Å². The second-order valence-corrected chi connectivity index (χ2v) is 7.99. The van der Waals surface area contributed by atoms with Gasteiger partial charge in [0.2, 0.25) is 0 Å². The number of thioether (sulfide) groups is 1. The molecule has 2 unspecified atom stereocenters. The number of hydrogen-bond donors (Lipinski definition) is 2. The van der Waals surface area contributed by atoms with Crippen molar-refractivity contribution in [1.29, 1.82) is 0 Å². The van der Waals surface area contributed by atoms with E-state index in [-0.39, 0.29) is 18.0 Å². The molecule has 1 fully saturated rings. The van der Waals surface area contributed by atoms with Gasteiger partial charge in [-0.25, -0.2) is 4.98 Å². The molecule has 1 aromatic heterocycles. The third-order valence-electron chi connectivity index (χ3n) is 4.42. The summed E-state index contributed by atoms with van der Waals surface area (Å²) in [5.41, 5.74) is 6.63. The van der Waals surface area contributed by atoms with Crippen LogP contribution in [0.1, 0.15) is 67.0 Å². The number of amides is 1. The van der Waals surface area contributed by atoms with Gasteiger partial charge in [0, 0.05) is 11.4 Å². The van der Waals surface area contributed by atoms with Crippen LogP contribution < -0.4 is 11.1 Å². The summed E-state index contributed by atoms with van der Waals surface area (Å²) in [6.07, 6.45) is 9.33. The molecule has 0 spiro atoms. The molecule has 22 heavy (non-hydrogen) atoms. The Bertz CT molecular complexity index is 472. The number of thiazole rings is 1. The van der Waals surface area contributed by atoms with Gasteiger partial charge >= 0.3 is 0 Å². The van der Waals surface area contributed by atoms with E-state index in [9.17, 15) is 4.79 Å². The molecule has 1 amide bonds. The van der Waals surface area contributed by atoms with Gasteiger partial charge in [0.25, 0.3) is 5.91 Å². The SMILES string of the molecule is CSCCC(N)c1nc(C(=O)NC(C)C2CCCCC2)cs1. The lowest BCUT2D eigenvalue weighted by Crippen LogP contribution is -2.39. The van der Waals surface area contributed by atoms with Crippen molar-refractivity contribution in [3.05, 3.63) is 16.1 Å². The normalized spacial score (nSPS) is 18.9. The molecule has 3 N–H and O–H groups in total. The Morgan fingerprint density at radius 2 is 2.23 bits per heavy atom. The van der Waals surface area contributed by atoms with E-state index in [0.717, 1.165) is 17.2 Å². The van der Waals surface area contributed by atoms with Crippen LogP contribution in [-0.2, 0) is 0 Å². The van der Waals surface area contributed by atoms with Crippen LogP contribution in [0.25, 0.3) is 0 Å². The molecule has 1 aromatic rings. The Labute approximate surface area is 141 Å². The third kappa shape index (κ3) is 4.96. The average Bonchev–Trinajstić information content (AvgIpc) is 3.03. The minimum Gasteiger partial charge on any atom is -0.348 e. The number of rotatable bonds is 7. The Morgan fingerprint density at radius 3 is 2.91 bits per heavy atom. The highest BCUT2D eigenvalue weighted by Gasteiger charge is 2.23. The van der Waals surface area contributed by atoms with Crippen molar-refractivity contribution in [2.45, 2.75) is 57.5 Å². The molecule has 2 atom stereocenters. The van der Waals surface area contributed by atoms with Gasteiger partial charge < -0.3 is 11.1 Å². The molecular weight excluding hydrogens is 314 g/mol. The van der Waals surface area contributed by atoms with E-state index in [1.807, 2.05) is 5.38 Å². The van der Waals surface area contributed by atoms with Crippen LogP contribution in [0.3, 0.4) is 0 Å². The molecule has 1 saturated carbocycles. The van der Waals surface area contributed by atoms with E-state index in [1.165, 1.54) is 43.4 Å². The first-order valence-corrected chi connectivity index (χ1v) is 10.4. The second-order valence-electron chi connectivity index (χ2n) is 6.12. The van der Waals surface area contributed by atoms with E-state index < -0.39 is 0 Å². The Balaban J connectivity index is 1.88. The third-order valence-corrected chi connectivity index (χ3v) is 6.04. The lowest BCUT2D eigenvalue weighted by atomic mass is 9.84. The number of carbonyl (C=O) groups excluding carboxylic acids is 1. The van der Waals surface area contributed by atoms with E-state index in [4.69, 9.17) is 5.73 Å². The molecule has 0 aromatic carbocycles. The van der Waals surface area contributed by atoms with Gasteiger partial charge in [0.05, 0.1) is 6.04 Å². The molecule has 1 aliphatic carbocycles. The van der Waals surface area contributed by atoms with Crippen LogP contribution >= 0.6 is 23.1 Å². The Hall–Kier alpha value is -0.590. The molecule has 0 radical (unpaired) electrons. The summed E-state index contributed by atoms with van der Waals surface area (Å²) in [5.74, 6) is 1.57. The lowest BCUT2D eigenvalue weighted by molar-refractivity contribution is 0.0914. The number of nitrogens with two attached hydrogens (primary N) is 1. The number of nitrogens with one attached hydrogen (secondary N) is 1. The highest BCUT2D eigenvalue weighted by atomic mass is 32.2. The van der Waals surface area contributed by atoms with Gasteiger partial charge in [-0.15, -0.1) is 11.3 Å². The van der Waals surface area contributed by atoms with Gasteiger partial charge in [-0.2, -0.15) is 11.8 Å². The Kier molecular flexibility index (Phi) is 7.18. The van der Waals surface area contributed by atoms with Crippen LogP contribution in [0.4, 0.5) is 0 Å². The molecule has 2 rings (SSSR count). The number of nitrogens with zero attached hydrogens (tertiary/aromatic N) is 1. The number of carbonyl (C=O) groups is 1. The van der Waals surface area contributed by atoms with Gasteiger partial charge in [0.1, 0.15) is 10.7 Å². The molecule has 0 bridgehead atoms. The molecule has 4 nitrogen and oxygen atoms in total. The van der Waals surface area contributed by atoms with E-state index in [1.54, 1.807) is 11.8 Å². The second kappa shape index (κ2) is 8.89. The highest BCUT2D eigenvalue weighted by molar-refractivity contribution is 7.98. The lowest BCUT2D eigenvalue weighted by Gasteiger charge is -2.28. The summed E-state index contributed by atoms with van der Waals surface area (Å²) < 4.78 is 0. The van der Waals surface area contributed by atoms with Crippen molar-refractivity contribution in [3.8, 4) is 0 Å². The molecule has 0 aliphatic heterocycles. The summed E-state index contributed by atoms with van der Waals surface area (Å²) >= 11 is 3.27. The van der Waals surface area contributed by atoms with Crippen LogP contribution in [0, 0.1) is 5.92 Å². The van der Waals surface area contributed by atoms with Crippen LogP contribution in [-0.4, -0.2) is 28.9 Å². The summed E-state index contributed by atoms with van der Waals surface area (Å²) in [6.45, 7) is 2.12. The van der Waals surface area contributed by atoms with Gasteiger partial charge in [0.15, 0.2) is 0 Å². The minimum atomic E-state index is -0.0604. The summed E-state index contributed by atoms with van der Waals surface area (Å²) in [6, 6.07) is 0.165. The smallest absolute Gasteiger partial charge is 0.270 e. The largest absolute Gasteiger partial charge is 0.348 e. The zero-order chi connectivity index (χ0) is 15.9. The van der Waals surface area contributed by atoms with E-state index in [0.29, 0.717) is 11.6 Å². The fourth-order valence-corrected chi connectivity index (χ4v) is 4.29. The molecule has 0 saturated heterocycles. The predicted octanol–water partition coefficient (Wildman–Crippen LogP) is 3.59. The quantitative estimate of drug-likeness (QED) is 0.795. The van der Waals surface area contributed by atoms with Crippen molar-refractivity contribution < 1.29 is 4.79 Å². The molecule has 1 heterocycles. The van der Waals surface area contributed by atoms with Gasteiger partial charge in [-0.05, 0) is 44.1 Å². The van der Waals surface area contributed by atoms with Crippen molar-refractivity contribution in [1.82, 2.24) is 10.3 Å². The summed E-state index contributed by atoms with van der Waals surface area (Å²) in [7, 11) is 0. The van der Waals surface area contributed by atoms with Gasteiger partial charge in [-0.1, -0.05) is 19.3 Å². The van der Waals surface area contributed by atoms with Crippen molar-refractivity contribution in [2.75, 3.05) is 12.0 Å². The first-order chi connectivity index (χ1) is 10.6. The summed E-state index contributed by atoms with van der Waals surface area (Å²) in [4.78, 5) is 16.8. The predicted molar refractivity (Wildman–Crippen MR) is 95.5 cm³/mol. The maximum atomic E-state index is 12.3. The number of hydrogen-bond acceptors (Lipinski definition) is 5. The zero-order valence-electron chi connectivity index (χ0n) is 13.5. The van der Waals surface area contributed by atoms with Crippen molar-refractivity contribution in [2.24, 2.45) is 11.7 Å². The first-order valence-electron chi connectivity index (χ1n) is 8.12. The van der Waals surface area contributed by atoms with Crippen LogP contribution in [0.5, 0.6) is 0 Å². The zero-order valence-corrected chi connectivity index (χ0v) is 15.1. The van der Waals surface area contributed by atoms with Gasteiger partial charge in [-0.3, -0.25) is 4.79 Å². The highest BCUT2D eigenvalue weighted by Crippen LogP contribution is 2.26. The average molecular weight is 342 g/mol. The molecule has 124 valence electrons. The van der Waals surface area contributed by atoms with E-state index >= 15 is 0 Å². The number of aromatic nitrogens is 1. The monoisotopic (exact) mass is 341 g/mol. The van der Waals surface area contributed by atoms with Crippen molar-refractivity contribution >= 4 is 29.0 Å². The Morgan fingerprint density at radius 1 is 1.50 bits per heavy atom. The maximum absolute atomic E-state index is 12.3. The van der Waals surface area contributed by atoms with Crippen LogP contribution in [0.2, 0.25) is 0 Å². The molecular formula is C16H27N3OS2. The fraction of sp³-hybridized carbons (Fsp3) is 0.750. The van der Waals surface area contributed by atoms with Crippen LogP contribution in [0.15, 0.2) is 5.38 Å². The van der Waals surface area contributed by atoms with E-state index in [2.05, 4.69) is 23.5 Å². The first kappa shape index (κ1) is 17.8. The summed E-state index contributed by atoms with van der Waals surface area (Å²) in [5, 5.41) is 5.82. The minimum absolute atomic E-state index is 0.0577. The fourth-order valence-electron chi connectivity index (χ4n) is 2.96. The molecule has 6 heteroatoms. The standard InChI is InChI=1S/C16H27N3OS2/c1-11(12-6-4-3-5-7-12)18-15(20)14-10-22-16(19-14)13(17)8-9-21-2/h10-13H,3-9,17H2,1-2H3,(H,18,20). The molecule has 1 aliphatic rings. The van der Waals surface area contributed by atoms with Crippen molar-refractivity contribution in [3.63, 3.8) is 0 Å². The maximum Gasteiger partial charge on any atom is 0.270 e.